The van der Waals surface area contributed by atoms with Crippen molar-refractivity contribution < 1.29 is 0 Å². The molecular formula is C12H14. The number of fused-ring (bicyclic) bond motifs is 1. The summed E-state index contributed by atoms with van der Waals surface area (Å²) >= 11 is 0. The van der Waals surface area contributed by atoms with Gasteiger partial charge in [-0.25, -0.2) is 0 Å². The lowest BCUT2D eigenvalue weighted by Crippen LogP contribution is -2.33. The highest BCUT2D eigenvalue weighted by atomic mass is 14.5. The van der Waals surface area contributed by atoms with Crippen LogP contribution in [0.5, 0.6) is 0 Å². The first-order chi connectivity index (χ1) is 5.91. The molecule has 3 aliphatic carbocycles. The second-order valence-corrected chi connectivity index (χ2v) is 4.38. The van der Waals surface area contributed by atoms with E-state index in [1.807, 2.05) is 0 Å². The number of hydrogen-bond donors (Lipinski definition) is 0. The van der Waals surface area contributed by atoms with Crippen molar-refractivity contribution in [3.8, 4) is 0 Å². The number of allylic oxidation sites excluding steroid dienone is 3. The molecule has 0 amide bonds. The number of rotatable bonds is 0. The van der Waals surface area contributed by atoms with Crippen LogP contribution in [0.2, 0.25) is 0 Å². The zero-order valence-electron chi connectivity index (χ0n) is 7.40. The molecule has 0 atom stereocenters. The Bertz CT molecular complexity index is 307. The smallest absolute Gasteiger partial charge is 0.00378 e. The van der Waals surface area contributed by atoms with E-state index in [2.05, 4.69) is 17.9 Å². The fourth-order valence-corrected chi connectivity index (χ4v) is 2.97. The minimum atomic E-state index is 0.633. The molecule has 1 fully saturated rings. The van der Waals surface area contributed by atoms with Crippen LogP contribution >= 0.6 is 0 Å². The van der Waals surface area contributed by atoms with Crippen LogP contribution in [-0.4, -0.2) is 0 Å². The third-order valence-corrected chi connectivity index (χ3v) is 3.81. The lowest BCUT2D eigenvalue weighted by Gasteiger charge is -2.46. The van der Waals surface area contributed by atoms with E-state index in [0.717, 1.165) is 0 Å². The average Bonchev–Trinajstić information content (AvgIpc) is 2.47. The standard InChI is InChI=1S/C12H14/c1-4-10-5-2-7-12(8-3-9-12)11(10)6-1/h4,6H,2-3,5,7-9H2. The Kier molecular flexibility index (Phi) is 1.20. The van der Waals surface area contributed by atoms with Gasteiger partial charge in [-0.15, -0.1) is 5.73 Å². The molecule has 0 aromatic carbocycles. The number of hydrogen-bond acceptors (Lipinski definition) is 0. The first-order valence-electron chi connectivity index (χ1n) is 5.07. The Morgan fingerprint density at radius 2 is 1.92 bits per heavy atom. The Balaban J connectivity index is 2.05. The molecule has 0 heterocycles. The molecule has 3 rings (SSSR count). The molecule has 62 valence electrons. The maximum atomic E-state index is 3.26. The van der Waals surface area contributed by atoms with Crippen LogP contribution in [0.4, 0.5) is 0 Å². The van der Waals surface area contributed by atoms with Crippen molar-refractivity contribution in [3.63, 3.8) is 0 Å². The van der Waals surface area contributed by atoms with Gasteiger partial charge in [0, 0.05) is 0 Å². The van der Waals surface area contributed by atoms with Crippen LogP contribution in [-0.2, 0) is 0 Å². The minimum absolute atomic E-state index is 0.633. The normalized spacial score (nSPS) is 29.3. The Hall–Kier alpha value is -0.740. The molecule has 1 saturated carbocycles. The van der Waals surface area contributed by atoms with E-state index in [1.165, 1.54) is 38.5 Å². The van der Waals surface area contributed by atoms with Gasteiger partial charge in [-0.3, -0.25) is 0 Å². The van der Waals surface area contributed by atoms with Crippen molar-refractivity contribution in [1.29, 1.82) is 0 Å². The van der Waals surface area contributed by atoms with E-state index in [9.17, 15) is 0 Å². The van der Waals surface area contributed by atoms with Crippen molar-refractivity contribution in [3.05, 3.63) is 29.0 Å². The fraction of sp³-hybridized carbons (Fsp3) is 0.583. The average molecular weight is 158 g/mol. The van der Waals surface area contributed by atoms with Gasteiger partial charge in [0.1, 0.15) is 0 Å². The summed E-state index contributed by atoms with van der Waals surface area (Å²) in [7, 11) is 0. The molecule has 0 N–H and O–H groups in total. The van der Waals surface area contributed by atoms with Crippen LogP contribution in [0, 0.1) is 5.41 Å². The van der Waals surface area contributed by atoms with Gasteiger partial charge < -0.3 is 0 Å². The van der Waals surface area contributed by atoms with Crippen molar-refractivity contribution in [2.75, 3.05) is 0 Å². The minimum Gasteiger partial charge on any atom is -0.120 e. The molecule has 0 bridgehead atoms. The Morgan fingerprint density at radius 3 is 2.67 bits per heavy atom. The van der Waals surface area contributed by atoms with Gasteiger partial charge in [-0.2, -0.15) is 0 Å². The van der Waals surface area contributed by atoms with Crippen LogP contribution in [0.1, 0.15) is 38.5 Å². The first kappa shape index (κ1) is 6.74. The van der Waals surface area contributed by atoms with Crippen molar-refractivity contribution in [2.24, 2.45) is 5.41 Å². The fourth-order valence-electron chi connectivity index (χ4n) is 2.97. The molecule has 0 aromatic heterocycles. The van der Waals surface area contributed by atoms with Crippen molar-refractivity contribution in [2.45, 2.75) is 38.5 Å². The SMILES string of the molecule is C1=CC2=C(C=1)C1(CCC2)CCC1. The van der Waals surface area contributed by atoms with Crippen LogP contribution in [0.25, 0.3) is 0 Å². The molecule has 0 aromatic rings. The van der Waals surface area contributed by atoms with Gasteiger partial charge in [0.25, 0.3) is 0 Å². The summed E-state index contributed by atoms with van der Waals surface area (Å²) in [6.07, 6.45) is 12.9. The Morgan fingerprint density at radius 1 is 1.08 bits per heavy atom. The topological polar surface area (TPSA) is 0 Å². The molecule has 0 aliphatic heterocycles. The van der Waals surface area contributed by atoms with Crippen molar-refractivity contribution in [1.82, 2.24) is 0 Å². The molecular weight excluding hydrogens is 144 g/mol. The highest BCUT2D eigenvalue weighted by Crippen LogP contribution is 2.55. The molecule has 3 aliphatic rings. The lowest BCUT2D eigenvalue weighted by atomic mass is 9.58. The summed E-state index contributed by atoms with van der Waals surface area (Å²) in [6.45, 7) is 0. The van der Waals surface area contributed by atoms with Gasteiger partial charge in [-0.05, 0) is 60.8 Å². The van der Waals surface area contributed by atoms with Crippen molar-refractivity contribution >= 4 is 0 Å². The van der Waals surface area contributed by atoms with Gasteiger partial charge in [0.2, 0.25) is 0 Å². The van der Waals surface area contributed by atoms with E-state index >= 15 is 0 Å². The van der Waals surface area contributed by atoms with Gasteiger partial charge in [-0.1, -0.05) is 6.42 Å². The lowest BCUT2D eigenvalue weighted by molar-refractivity contribution is 0.161. The molecule has 0 unspecified atom stereocenters. The third kappa shape index (κ3) is 0.690. The summed E-state index contributed by atoms with van der Waals surface area (Å²) in [4.78, 5) is 0. The van der Waals surface area contributed by atoms with Gasteiger partial charge in [0.05, 0.1) is 0 Å². The molecule has 0 nitrogen and oxygen atoms in total. The van der Waals surface area contributed by atoms with Gasteiger partial charge in [0.15, 0.2) is 0 Å². The van der Waals surface area contributed by atoms with Crippen LogP contribution in [0.3, 0.4) is 0 Å². The first-order valence-corrected chi connectivity index (χ1v) is 5.07. The Labute approximate surface area is 73.7 Å². The third-order valence-electron chi connectivity index (χ3n) is 3.81. The summed E-state index contributed by atoms with van der Waals surface area (Å²) in [5.41, 5.74) is 7.15. The van der Waals surface area contributed by atoms with E-state index in [-0.39, 0.29) is 0 Å². The summed E-state index contributed by atoms with van der Waals surface area (Å²) in [5, 5.41) is 0. The molecule has 1 spiro atoms. The second-order valence-electron chi connectivity index (χ2n) is 4.38. The summed E-state index contributed by atoms with van der Waals surface area (Å²) < 4.78 is 0. The van der Waals surface area contributed by atoms with Gasteiger partial charge >= 0.3 is 0 Å². The zero-order chi connectivity index (χ0) is 8.02. The predicted octanol–water partition coefficient (Wildman–Crippen LogP) is 3.36. The van der Waals surface area contributed by atoms with E-state index in [0.29, 0.717) is 5.41 Å². The van der Waals surface area contributed by atoms with E-state index < -0.39 is 0 Å². The zero-order valence-corrected chi connectivity index (χ0v) is 7.40. The van der Waals surface area contributed by atoms with E-state index in [4.69, 9.17) is 0 Å². The second kappa shape index (κ2) is 2.14. The van der Waals surface area contributed by atoms with Crippen LogP contribution < -0.4 is 0 Å². The quantitative estimate of drug-likeness (QED) is 0.474. The molecule has 0 radical (unpaired) electrons. The van der Waals surface area contributed by atoms with Crippen LogP contribution in [0.15, 0.2) is 29.0 Å². The summed E-state index contributed by atoms with van der Waals surface area (Å²) in [6, 6.07) is 0. The molecule has 12 heavy (non-hydrogen) atoms. The molecule has 0 saturated heterocycles. The largest absolute Gasteiger partial charge is 0.120 e. The monoisotopic (exact) mass is 158 g/mol. The molecule has 0 heteroatoms. The maximum Gasteiger partial charge on any atom is -0.00378 e. The highest BCUT2D eigenvalue weighted by molar-refractivity contribution is 5.45. The predicted molar refractivity (Wildman–Crippen MR) is 49.8 cm³/mol. The maximum absolute atomic E-state index is 3.26. The highest BCUT2D eigenvalue weighted by Gasteiger charge is 2.42. The van der Waals surface area contributed by atoms with E-state index in [1.54, 1.807) is 11.1 Å². The summed E-state index contributed by atoms with van der Waals surface area (Å²) in [5.74, 6) is 0.